The largest absolute Gasteiger partial charge is 0.364 e. The van der Waals surface area contributed by atoms with Crippen molar-refractivity contribution in [2.75, 3.05) is 34.2 Å². The van der Waals surface area contributed by atoms with Gasteiger partial charge in [-0.15, -0.1) is 0 Å². The van der Waals surface area contributed by atoms with Crippen LogP contribution >= 0.6 is 9.39 Å². The lowest BCUT2D eigenvalue weighted by Gasteiger charge is -2.15. The van der Waals surface area contributed by atoms with Crippen molar-refractivity contribution in [1.29, 1.82) is 0 Å². The van der Waals surface area contributed by atoms with Crippen LogP contribution in [0.5, 0.6) is 0 Å². The van der Waals surface area contributed by atoms with E-state index in [2.05, 4.69) is 33.1 Å². The van der Waals surface area contributed by atoms with Gasteiger partial charge in [0, 0.05) is 20.1 Å². The second-order valence-electron chi connectivity index (χ2n) is 2.55. The Morgan fingerprint density at radius 1 is 1.30 bits per heavy atom. The van der Waals surface area contributed by atoms with E-state index in [1.54, 1.807) is 6.34 Å². The molecular formula is C6H16N3P. The fraction of sp³-hybridized carbons (Fsp3) is 0.833. The Morgan fingerprint density at radius 2 is 1.90 bits per heavy atom. The normalized spacial score (nSPS) is 11.3. The molecule has 0 spiro atoms. The highest BCUT2D eigenvalue weighted by molar-refractivity contribution is 7.14. The average molecular weight is 161 g/mol. The second-order valence-corrected chi connectivity index (χ2v) is 2.85. The zero-order valence-corrected chi connectivity index (χ0v) is 8.07. The summed E-state index contributed by atoms with van der Waals surface area (Å²) >= 11 is 0. The molecule has 0 saturated carbocycles. The highest BCUT2D eigenvalue weighted by Crippen LogP contribution is 1.83. The van der Waals surface area contributed by atoms with Gasteiger partial charge in [-0.3, -0.25) is 4.76 Å². The Hall–Kier alpha value is -0.140. The van der Waals surface area contributed by atoms with Gasteiger partial charge in [0.05, 0.1) is 6.34 Å². The Balaban J connectivity index is 3.30. The molecule has 60 valence electrons. The number of hydrogen-bond acceptors (Lipinski definition) is 2. The molecule has 1 atom stereocenters. The average Bonchev–Trinajstić information content (AvgIpc) is 1.85. The topological polar surface area (TPSA) is 18.8 Å². The molecule has 0 fully saturated rings. The van der Waals surface area contributed by atoms with Crippen LogP contribution in [0.2, 0.25) is 0 Å². The van der Waals surface area contributed by atoms with Crippen molar-refractivity contribution in [3.05, 3.63) is 0 Å². The van der Waals surface area contributed by atoms with Crippen molar-refractivity contribution in [1.82, 2.24) is 9.80 Å². The minimum Gasteiger partial charge on any atom is -0.364 e. The standard InChI is InChI=1S/C6H16N3P/c1-8(2)4-5-9(3)6-7-10/h6H,4-5,10H2,1-3H3. The highest BCUT2D eigenvalue weighted by Gasteiger charge is 1.91. The van der Waals surface area contributed by atoms with Gasteiger partial charge >= 0.3 is 0 Å². The van der Waals surface area contributed by atoms with Gasteiger partial charge in [0.1, 0.15) is 0 Å². The van der Waals surface area contributed by atoms with Crippen molar-refractivity contribution in [3.8, 4) is 0 Å². The number of likely N-dealkylation sites (N-methyl/N-ethyl adjacent to an activating group) is 2. The van der Waals surface area contributed by atoms with Crippen LogP contribution in [0.3, 0.4) is 0 Å². The van der Waals surface area contributed by atoms with E-state index in [4.69, 9.17) is 0 Å². The highest BCUT2D eigenvalue weighted by atomic mass is 31.0. The molecule has 0 aromatic carbocycles. The smallest absolute Gasteiger partial charge is 0.0884 e. The molecule has 3 nitrogen and oxygen atoms in total. The number of nitrogens with zero attached hydrogens (tertiary/aromatic N) is 3. The molecule has 0 amide bonds. The lowest BCUT2D eigenvalue weighted by molar-refractivity contribution is 0.361. The van der Waals surface area contributed by atoms with Gasteiger partial charge in [-0.2, -0.15) is 0 Å². The summed E-state index contributed by atoms with van der Waals surface area (Å²) in [7, 11) is 8.44. The zero-order valence-electron chi connectivity index (χ0n) is 6.91. The molecule has 0 aliphatic rings. The van der Waals surface area contributed by atoms with Crippen molar-refractivity contribution >= 4 is 15.7 Å². The van der Waals surface area contributed by atoms with Crippen LogP contribution in [-0.4, -0.2) is 50.4 Å². The first kappa shape index (κ1) is 9.86. The molecule has 0 aliphatic carbocycles. The molecule has 0 rings (SSSR count). The van der Waals surface area contributed by atoms with E-state index in [0.29, 0.717) is 0 Å². The van der Waals surface area contributed by atoms with Gasteiger partial charge < -0.3 is 9.80 Å². The van der Waals surface area contributed by atoms with Crippen LogP contribution in [0.1, 0.15) is 0 Å². The maximum atomic E-state index is 3.81. The second kappa shape index (κ2) is 5.63. The fourth-order valence-electron chi connectivity index (χ4n) is 0.529. The van der Waals surface area contributed by atoms with Gasteiger partial charge in [-0.05, 0) is 23.5 Å². The first-order chi connectivity index (χ1) is 4.66. The molecule has 0 aromatic heterocycles. The molecule has 10 heavy (non-hydrogen) atoms. The molecule has 4 heteroatoms. The minimum atomic E-state index is 1.02. The first-order valence-electron chi connectivity index (χ1n) is 3.25. The predicted molar refractivity (Wildman–Crippen MR) is 49.4 cm³/mol. The number of rotatable bonds is 4. The number of hydrogen-bond donors (Lipinski definition) is 0. The molecular weight excluding hydrogens is 145 g/mol. The van der Waals surface area contributed by atoms with Crippen molar-refractivity contribution in [2.45, 2.75) is 0 Å². The van der Waals surface area contributed by atoms with Crippen LogP contribution in [-0.2, 0) is 0 Å². The van der Waals surface area contributed by atoms with Gasteiger partial charge in [0.25, 0.3) is 0 Å². The molecule has 0 aliphatic heterocycles. The van der Waals surface area contributed by atoms with Crippen molar-refractivity contribution in [2.24, 2.45) is 4.76 Å². The van der Waals surface area contributed by atoms with Gasteiger partial charge in [-0.25, -0.2) is 0 Å². The van der Waals surface area contributed by atoms with Gasteiger partial charge in [0.15, 0.2) is 0 Å². The molecule has 0 radical (unpaired) electrons. The van der Waals surface area contributed by atoms with E-state index in [1.165, 1.54) is 0 Å². The van der Waals surface area contributed by atoms with E-state index in [9.17, 15) is 0 Å². The summed E-state index contributed by atoms with van der Waals surface area (Å²) in [5, 5.41) is 0. The van der Waals surface area contributed by atoms with Crippen molar-refractivity contribution in [3.63, 3.8) is 0 Å². The minimum absolute atomic E-state index is 1.02. The maximum Gasteiger partial charge on any atom is 0.0884 e. The van der Waals surface area contributed by atoms with Crippen LogP contribution in [0.25, 0.3) is 0 Å². The molecule has 0 N–H and O–H groups in total. The monoisotopic (exact) mass is 161 g/mol. The quantitative estimate of drug-likeness (QED) is 0.335. The first-order valence-corrected chi connectivity index (χ1v) is 3.77. The molecule has 1 unspecified atom stereocenters. The van der Waals surface area contributed by atoms with Crippen LogP contribution in [0, 0.1) is 0 Å². The molecule has 0 bridgehead atoms. The molecule has 0 heterocycles. The Labute approximate surface area is 65.4 Å². The van der Waals surface area contributed by atoms with E-state index >= 15 is 0 Å². The Morgan fingerprint density at radius 3 is 2.30 bits per heavy atom. The lowest BCUT2D eigenvalue weighted by atomic mass is 10.5. The summed E-state index contributed by atoms with van der Waals surface area (Å²) in [4.78, 5) is 4.19. The van der Waals surface area contributed by atoms with E-state index < -0.39 is 0 Å². The van der Waals surface area contributed by atoms with Gasteiger partial charge in [0.2, 0.25) is 0 Å². The summed E-state index contributed by atoms with van der Waals surface area (Å²) < 4.78 is 3.81. The third-order valence-corrected chi connectivity index (χ3v) is 1.30. The maximum absolute atomic E-state index is 3.81. The Bertz CT molecular complexity index is 103. The summed E-state index contributed by atoms with van der Waals surface area (Å²) in [6.07, 6.45) is 1.80. The lowest BCUT2D eigenvalue weighted by Crippen LogP contribution is -2.27. The molecule has 0 aromatic rings. The summed E-state index contributed by atoms with van der Waals surface area (Å²) in [5.74, 6) is 0. The van der Waals surface area contributed by atoms with Crippen molar-refractivity contribution < 1.29 is 0 Å². The summed E-state index contributed by atoms with van der Waals surface area (Å²) in [6.45, 7) is 2.08. The third-order valence-electron chi connectivity index (χ3n) is 1.16. The van der Waals surface area contributed by atoms with E-state index in [-0.39, 0.29) is 0 Å². The van der Waals surface area contributed by atoms with E-state index in [0.717, 1.165) is 13.1 Å². The molecule has 0 saturated heterocycles. The van der Waals surface area contributed by atoms with Gasteiger partial charge in [-0.1, -0.05) is 0 Å². The SMILES string of the molecule is CN(C)CCN(C)C=NP. The zero-order chi connectivity index (χ0) is 7.98. The van der Waals surface area contributed by atoms with Crippen LogP contribution < -0.4 is 0 Å². The fourth-order valence-corrected chi connectivity index (χ4v) is 0.757. The van der Waals surface area contributed by atoms with E-state index in [1.807, 2.05) is 11.9 Å². The van der Waals surface area contributed by atoms with Crippen LogP contribution in [0.15, 0.2) is 4.76 Å². The van der Waals surface area contributed by atoms with Crippen LogP contribution in [0.4, 0.5) is 0 Å². The third kappa shape index (κ3) is 5.99. The summed E-state index contributed by atoms with van der Waals surface area (Å²) in [6, 6.07) is 0. The predicted octanol–water partition coefficient (Wildman–Crippen LogP) is 0.298. The Kier molecular flexibility index (Phi) is 5.55. The summed E-state index contributed by atoms with van der Waals surface area (Å²) in [5.41, 5.74) is 0.